The fraction of sp³-hybridized carbons (Fsp3) is 0.419. The van der Waals surface area contributed by atoms with Crippen molar-refractivity contribution in [1.29, 1.82) is 0 Å². The lowest BCUT2D eigenvalue weighted by molar-refractivity contribution is -0.266. The number of nitrogens with two attached hydrogens (primary N) is 1. The first kappa shape index (κ1) is 30.5. The zero-order valence-corrected chi connectivity index (χ0v) is 23.7. The number of aromatic hydroxyl groups is 1. The van der Waals surface area contributed by atoms with Crippen molar-refractivity contribution in [3.63, 3.8) is 0 Å². The molecular weight excluding hydrogens is 531 g/mol. The number of aromatic nitrogens is 2. The Bertz CT molecular complexity index is 1360. The third-order valence-electron chi connectivity index (χ3n) is 7.65. The molecule has 1 aliphatic heterocycles. The van der Waals surface area contributed by atoms with Crippen LogP contribution in [0, 0.1) is 0 Å². The van der Waals surface area contributed by atoms with Gasteiger partial charge in [-0.05, 0) is 66.4 Å². The van der Waals surface area contributed by atoms with Crippen molar-refractivity contribution < 1.29 is 23.4 Å². The van der Waals surface area contributed by atoms with Crippen LogP contribution in [0.3, 0.4) is 0 Å². The Morgan fingerprint density at radius 3 is 2.41 bits per heavy atom. The van der Waals surface area contributed by atoms with Gasteiger partial charge in [-0.3, -0.25) is 14.9 Å². The van der Waals surface area contributed by atoms with E-state index in [1.54, 1.807) is 56.7 Å². The molecule has 220 valence electrons. The average Bonchev–Trinajstić information content (AvgIpc) is 2.90. The number of benzene rings is 1. The maximum atomic E-state index is 14.4. The standard InChI is InChI=1S/C31H38F3N5O2/c1-29(2,27-17-23(6-7-28(27)40)24-5-4-9-36-19-24)21-30(41,31(32,33)34)18-25(35)15-22-8-10-37-26(16-22)20-39-13-11-38(3)12-14-39/h4-10,15-17,19,40-41H,11-14,18,20-21,35H2,1-3H3/b25-15-. The first-order chi connectivity index (χ1) is 19.3. The number of likely N-dealkylation sites (N-methyl/N-ethyl adjacent to an activating group) is 1. The van der Waals surface area contributed by atoms with Gasteiger partial charge in [-0.1, -0.05) is 26.0 Å². The predicted octanol–water partition coefficient (Wildman–Crippen LogP) is 4.95. The highest BCUT2D eigenvalue weighted by molar-refractivity contribution is 5.65. The summed E-state index contributed by atoms with van der Waals surface area (Å²) in [5, 5.41) is 21.7. The second kappa shape index (κ2) is 12.2. The Labute approximate surface area is 239 Å². The lowest BCUT2D eigenvalue weighted by atomic mass is 9.72. The Balaban J connectivity index is 1.55. The average molecular weight is 570 g/mol. The van der Waals surface area contributed by atoms with Crippen LogP contribution in [0.4, 0.5) is 13.2 Å². The van der Waals surface area contributed by atoms with Gasteiger partial charge in [-0.25, -0.2) is 0 Å². The minimum Gasteiger partial charge on any atom is -0.508 e. The van der Waals surface area contributed by atoms with E-state index < -0.39 is 30.0 Å². The molecular formula is C31H38F3N5O2. The third-order valence-corrected chi connectivity index (χ3v) is 7.65. The van der Waals surface area contributed by atoms with Crippen LogP contribution in [0.15, 0.2) is 66.8 Å². The summed E-state index contributed by atoms with van der Waals surface area (Å²) >= 11 is 0. The zero-order valence-electron chi connectivity index (χ0n) is 23.7. The summed E-state index contributed by atoms with van der Waals surface area (Å²) in [5.41, 5.74) is 4.78. The van der Waals surface area contributed by atoms with Crippen molar-refractivity contribution >= 4 is 6.08 Å². The van der Waals surface area contributed by atoms with E-state index in [4.69, 9.17) is 5.73 Å². The van der Waals surface area contributed by atoms with Gasteiger partial charge in [0.05, 0.1) is 5.69 Å². The lowest BCUT2D eigenvalue weighted by Crippen LogP contribution is -2.50. The van der Waals surface area contributed by atoms with Gasteiger partial charge in [0.2, 0.25) is 0 Å². The molecule has 0 radical (unpaired) electrons. The molecule has 7 nitrogen and oxygen atoms in total. The molecule has 0 amide bonds. The highest BCUT2D eigenvalue weighted by Crippen LogP contribution is 2.46. The molecule has 4 rings (SSSR count). The molecule has 0 bridgehead atoms. The van der Waals surface area contributed by atoms with Crippen LogP contribution in [0.25, 0.3) is 17.2 Å². The number of rotatable bonds is 9. The Morgan fingerprint density at radius 1 is 1.02 bits per heavy atom. The van der Waals surface area contributed by atoms with Crippen molar-refractivity contribution in [3.05, 3.63) is 83.6 Å². The molecule has 1 saturated heterocycles. The molecule has 0 saturated carbocycles. The molecule has 10 heteroatoms. The van der Waals surface area contributed by atoms with E-state index >= 15 is 0 Å². The van der Waals surface area contributed by atoms with Gasteiger partial charge < -0.3 is 20.8 Å². The van der Waals surface area contributed by atoms with Gasteiger partial charge in [-0.2, -0.15) is 13.2 Å². The Morgan fingerprint density at radius 2 is 1.76 bits per heavy atom. The highest BCUT2D eigenvalue weighted by Gasteiger charge is 2.56. The predicted molar refractivity (Wildman–Crippen MR) is 154 cm³/mol. The van der Waals surface area contributed by atoms with Crippen LogP contribution in [0.5, 0.6) is 5.75 Å². The number of hydrogen-bond donors (Lipinski definition) is 3. The summed E-state index contributed by atoms with van der Waals surface area (Å²) in [6.45, 7) is 7.52. The summed E-state index contributed by atoms with van der Waals surface area (Å²) in [6, 6.07) is 11.8. The van der Waals surface area contributed by atoms with Crippen LogP contribution < -0.4 is 5.73 Å². The Kier molecular flexibility index (Phi) is 9.06. The summed E-state index contributed by atoms with van der Waals surface area (Å²) in [5.74, 6) is -0.152. The maximum absolute atomic E-state index is 14.4. The number of alkyl halides is 3. The monoisotopic (exact) mass is 569 g/mol. The Hall–Kier alpha value is -3.47. The quantitative estimate of drug-likeness (QED) is 0.336. The van der Waals surface area contributed by atoms with Gasteiger partial charge in [0, 0.05) is 74.6 Å². The van der Waals surface area contributed by atoms with E-state index in [0.717, 1.165) is 37.4 Å². The minimum absolute atomic E-state index is 0.106. The van der Waals surface area contributed by atoms with Crippen molar-refractivity contribution in [2.24, 2.45) is 5.73 Å². The SMILES string of the molecule is CN1CCN(Cc2cc(/C=C(\N)CC(O)(CC(C)(C)c3cc(-c4cccnc4)ccc3O)C(F)(F)F)ccn2)CC1. The highest BCUT2D eigenvalue weighted by atomic mass is 19.4. The molecule has 0 aliphatic carbocycles. The molecule has 1 unspecified atom stereocenters. The van der Waals surface area contributed by atoms with Crippen molar-refractivity contribution in [2.75, 3.05) is 33.2 Å². The topological polar surface area (TPSA) is 98.7 Å². The molecule has 0 spiro atoms. The van der Waals surface area contributed by atoms with Gasteiger partial charge in [0.25, 0.3) is 0 Å². The first-order valence-electron chi connectivity index (χ1n) is 13.6. The second-order valence-corrected chi connectivity index (χ2v) is 11.6. The number of pyridine rings is 2. The van der Waals surface area contributed by atoms with Crippen LogP contribution in [-0.4, -0.2) is 75.0 Å². The smallest absolute Gasteiger partial charge is 0.417 e. The fourth-order valence-electron chi connectivity index (χ4n) is 5.39. The molecule has 41 heavy (non-hydrogen) atoms. The van der Waals surface area contributed by atoms with Crippen LogP contribution >= 0.6 is 0 Å². The molecule has 2 aromatic heterocycles. The summed E-state index contributed by atoms with van der Waals surface area (Å²) < 4.78 is 43.3. The van der Waals surface area contributed by atoms with Crippen LogP contribution in [0.1, 0.15) is 43.5 Å². The van der Waals surface area contributed by atoms with Gasteiger partial charge >= 0.3 is 6.18 Å². The summed E-state index contributed by atoms with van der Waals surface area (Å²) in [4.78, 5) is 13.0. The summed E-state index contributed by atoms with van der Waals surface area (Å²) in [6.07, 6.45) is -0.176. The number of hydrogen-bond acceptors (Lipinski definition) is 7. The van der Waals surface area contributed by atoms with E-state index in [1.165, 1.54) is 12.1 Å². The van der Waals surface area contributed by atoms with E-state index in [2.05, 4.69) is 26.8 Å². The van der Waals surface area contributed by atoms with Gasteiger partial charge in [0.15, 0.2) is 5.60 Å². The normalized spacial score (nSPS) is 17.4. The van der Waals surface area contributed by atoms with Gasteiger partial charge in [0.1, 0.15) is 5.75 Å². The van der Waals surface area contributed by atoms with Crippen LogP contribution in [0.2, 0.25) is 0 Å². The fourth-order valence-corrected chi connectivity index (χ4v) is 5.39. The molecule has 1 fully saturated rings. The molecule has 3 aromatic rings. The number of halogens is 3. The first-order valence-corrected chi connectivity index (χ1v) is 13.6. The summed E-state index contributed by atoms with van der Waals surface area (Å²) in [7, 11) is 2.08. The van der Waals surface area contributed by atoms with Gasteiger partial charge in [-0.15, -0.1) is 0 Å². The van der Waals surface area contributed by atoms with E-state index in [9.17, 15) is 23.4 Å². The minimum atomic E-state index is -4.97. The van der Waals surface area contributed by atoms with E-state index in [-0.39, 0.29) is 17.0 Å². The molecule has 4 N–H and O–H groups in total. The maximum Gasteiger partial charge on any atom is 0.417 e. The molecule has 1 atom stereocenters. The molecule has 1 aliphatic rings. The van der Waals surface area contributed by atoms with E-state index in [0.29, 0.717) is 17.7 Å². The number of nitrogens with zero attached hydrogens (tertiary/aromatic N) is 4. The lowest BCUT2D eigenvalue weighted by Gasteiger charge is -2.38. The zero-order chi connectivity index (χ0) is 29.8. The third kappa shape index (κ3) is 7.63. The molecule has 1 aromatic carbocycles. The largest absolute Gasteiger partial charge is 0.508 e. The van der Waals surface area contributed by atoms with E-state index in [1.807, 2.05) is 12.1 Å². The molecule has 3 heterocycles. The van der Waals surface area contributed by atoms with Crippen molar-refractivity contribution in [2.45, 2.75) is 50.4 Å². The van der Waals surface area contributed by atoms with Crippen LogP contribution in [-0.2, 0) is 12.0 Å². The van der Waals surface area contributed by atoms with Crippen molar-refractivity contribution in [3.8, 4) is 16.9 Å². The number of piperazine rings is 1. The number of phenolic OH excluding ortho intramolecular Hbond substituents is 1. The second-order valence-electron chi connectivity index (χ2n) is 11.6. The number of aliphatic hydroxyl groups is 1. The number of phenols is 1. The van der Waals surface area contributed by atoms with Crippen molar-refractivity contribution in [1.82, 2.24) is 19.8 Å².